The van der Waals surface area contributed by atoms with Gasteiger partial charge in [0.15, 0.2) is 0 Å². The molecule has 0 aliphatic carbocycles. The van der Waals surface area contributed by atoms with Crippen LogP contribution in [0.15, 0.2) is 77.3 Å². The van der Waals surface area contributed by atoms with E-state index in [1.807, 2.05) is 49.4 Å². The van der Waals surface area contributed by atoms with E-state index >= 15 is 0 Å². The van der Waals surface area contributed by atoms with Gasteiger partial charge in [0.2, 0.25) is 11.8 Å². The Morgan fingerprint density at radius 3 is 2.40 bits per heavy atom. The molecule has 0 unspecified atom stereocenters. The lowest BCUT2D eigenvalue weighted by molar-refractivity contribution is -0.164. The molecule has 47 heavy (non-hydrogen) atoms. The predicted octanol–water partition coefficient (Wildman–Crippen LogP) is 4.41. The quantitative estimate of drug-likeness (QED) is 0.367. The molecule has 3 amide bonds. The number of hydrogen-bond donors (Lipinski definition) is 1. The molecule has 248 valence electrons. The number of ether oxygens (including phenoxy) is 2. The van der Waals surface area contributed by atoms with Crippen molar-refractivity contribution in [1.29, 1.82) is 0 Å². The van der Waals surface area contributed by atoms with Crippen molar-refractivity contribution in [3.05, 3.63) is 87.9 Å². The van der Waals surface area contributed by atoms with Gasteiger partial charge >= 0.3 is 5.97 Å². The van der Waals surface area contributed by atoms with Crippen LogP contribution in [0, 0.1) is 11.8 Å². The third-order valence-corrected chi connectivity index (χ3v) is 10.7. The fourth-order valence-corrected chi connectivity index (χ4v) is 8.12. The van der Waals surface area contributed by atoms with Gasteiger partial charge in [0.05, 0.1) is 24.6 Å². The summed E-state index contributed by atoms with van der Waals surface area (Å²) >= 11 is 9.75. The Hall–Kier alpha value is -3.51. The standard InChI is InChI=1S/C35H37BrClN3O7/c1-20(19-41)40-31-33(44)39(24-15-13-23(37)14-16-24)17-9-5-8-12-26(42)38(3)21(2)29(22-10-6-4-7-11-22)46-34(45)27-28(32(40)43)35(31)18-25(36)30(27)47-35/h4-7,9-11,13-16,18,20-21,27-31,41H,8,12,17,19H2,1-3H3/b9-5-/t20-,21+,27-,28+,29-,30-,31-,35+/m1/s1. The average Bonchev–Trinajstić information content (AvgIpc) is 3.67. The highest BCUT2D eigenvalue weighted by Gasteiger charge is 2.75. The molecule has 2 aromatic carbocycles. The lowest BCUT2D eigenvalue weighted by atomic mass is 9.74. The number of fused-ring (bicyclic) bond motifs is 2. The predicted molar refractivity (Wildman–Crippen MR) is 178 cm³/mol. The Morgan fingerprint density at radius 2 is 1.72 bits per heavy atom. The van der Waals surface area contributed by atoms with Crippen molar-refractivity contribution in [1.82, 2.24) is 9.80 Å². The molecule has 2 aromatic rings. The van der Waals surface area contributed by atoms with Gasteiger partial charge < -0.3 is 29.3 Å². The van der Waals surface area contributed by atoms with E-state index in [4.69, 9.17) is 21.1 Å². The minimum Gasteiger partial charge on any atom is -0.455 e. The first-order valence-electron chi connectivity index (χ1n) is 15.7. The number of amides is 3. The number of aliphatic hydroxyl groups is 1. The number of hydrogen-bond acceptors (Lipinski definition) is 7. The van der Waals surface area contributed by atoms with Crippen molar-refractivity contribution < 1.29 is 33.8 Å². The van der Waals surface area contributed by atoms with Gasteiger partial charge in [-0.3, -0.25) is 19.2 Å². The van der Waals surface area contributed by atoms with E-state index in [2.05, 4.69) is 15.9 Å². The van der Waals surface area contributed by atoms with Crippen LogP contribution >= 0.6 is 27.5 Å². The third-order valence-electron chi connectivity index (χ3n) is 9.81. The molecular formula is C35H37BrClN3O7. The first-order valence-corrected chi connectivity index (χ1v) is 16.9. The van der Waals surface area contributed by atoms with Crippen molar-refractivity contribution in [3.8, 4) is 0 Å². The summed E-state index contributed by atoms with van der Waals surface area (Å²) in [7, 11) is 1.68. The number of cyclic esters (lactones) is 1. The zero-order valence-electron chi connectivity index (χ0n) is 26.3. The van der Waals surface area contributed by atoms with Crippen LogP contribution in [0.4, 0.5) is 5.69 Å². The van der Waals surface area contributed by atoms with Crippen LogP contribution < -0.4 is 4.90 Å². The topological polar surface area (TPSA) is 117 Å². The lowest BCUT2D eigenvalue weighted by Crippen LogP contribution is -2.58. The highest BCUT2D eigenvalue weighted by Crippen LogP contribution is 2.59. The SMILES string of the molecule is C[C@H](CO)N1C(=O)[C@@H]2[C@H]3C(=O)O[C@@H](c4ccccc4)[C@H](C)N(C)C(=O)CC/C=C\CN(c4ccc(Cl)cc4)C(=O)[C@@H]1[C@]21C=C(Br)[C@H]3O1. The minimum atomic E-state index is -1.51. The summed E-state index contributed by atoms with van der Waals surface area (Å²) in [5.74, 6) is -3.91. The number of rotatable bonds is 4. The second kappa shape index (κ2) is 13.2. The van der Waals surface area contributed by atoms with Gasteiger partial charge in [0, 0.05) is 35.2 Å². The Labute approximate surface area is 287 Å². The third kappa shape index (κ3) is 5.71. The molecule has 0 aromatic heterocycles. The fourth-order valence-electron chi connectivity index (χ4n) is 7.26. The summed E-state index contributed by atoms with van der Waals surface area (Å²) in [6.45, 7) is 3.21. The van der Waals surface area contributed by atoms with Gasteiger partial charge in [-0.15, -0.1) is 0 Å². The largest absolute Gasteiger partial charge is 0.455 e. The van der Waals surface area contributed by atoms with Crippen molar-refractivity contribution in [3.63, 3.8) is 0 Å². The lowest BCUT2D eigenvalue weighted by Gasteiger charge is -2.37. The molecule has 10 nitrogen and oxygen atoms in total. The summed E-state index contributed by atoms with van der Waals surface area (Å²) in [5, 5.41) is 10.8. The van der Waals surface area contributed by atoms with Crippen molar-refractivity contribution in [2.24, 2.45) is 11.8 Å². The Morgan fingerprint density at radius 1 is 1.02 bits per heavy atom. The minimum absolute atomic E-state index is 0.129. The first-order chi connectivity index (χ1) is 22.5. The second-order valence-corrected chi connectivity index (χ2v) is 13.9. The maximum atomic E-state index is 14.8. The van der Waals surface area contributed by atoms with E-state index < -0.39 is 72.2 Å². The number of nitrogens with zero attached hydrogens (tertiary/aromatic N) is 3. The van der Waals surface area contributed by atoms with E-state index in [0.717, 1.165) is 0 Å². The molecule has 8 atom stereocenters. The monoisotopic (exact) mass is 725 g/mol. The number of esters is 1. The van der Waals surface area contributed by atoms with Gasteiger partial charge in [0.1, 0.15) is 29.8 Å². The summed E-state index contributed by atoms with van der Waals surface area (Å²) in [5.41, 5.74) is -0.278. The summed E-state index contributed by atoms with van der Waals surface area (Å²) < 4.78 is 13.4. The van der Waals surface area contributed by atoms with E-state index in [0.29, 0.717) is 27.2 Å². The van der Waals surface area contributed by atoms with Crippen molar-refractivity contribution in [2.75, 3.05) is 25.1 Å². The van der Waals surface area contributed by atoms with Crippen LogP contribution in [0.1, 0.15) is 38.4 Å². The molecule has 1 N–H and O–H groups in total. The molecule has 4 heterocycles. The number of carbonyl (C=O) groups is 4. The normalized spacial score (nSPS) is 32.7. The second-order valence-electron chi connectivity index (χ2n) is 12.6. The van der Waals surface area contributed by atoms with E-state index in [-0.39, 0.29) is 18.9 Å². The number of aliphatic hydroxyl groups excluding tert-OH is 1. The number of likely N-dealkylation sites (N-methyl/N-ethyl adjacent to an activating group) is 1. The van der Waals surface area contributed by atoms with Crippen molar-refractivity contribution >= 4 is 56.9 Å². The smallest absolute Gasteiger partial charge is 0.313 e. The Kier molecular flexibility index (Phi) is 9.37. The summed E-state index contributed by atoms with van der Waals surface area (Å²) in [6.07, 6.45) is 4.30. The van der Waals surface area contributed by atoms with Crippen LogP contribution in [0.25, 0.3) is 0 Å². The molecule has 4 aliphatic heterocycles. The van der Waals surface area contributed by atoms with E-state index in [1.54, 1.807) is 49.2 Å². The number of benzene rings is 2. The maximum absolute atomic E-state index is 14.8. The number of allylic oxidation sites excluding steroid dienone is 1. The molecule has 2 saturated heterocycles. The molecule has 0 radical (unpaired) electrons. The summed E-state index contributed by atoms with van der Waals surface area (Å²) in [6, 6.07) is 13.4. The van der Waals surface area contributed by atoms with Gasteiger partial charge in [-0.2, -0.15) is 0 Å². The van der Waals surface area contributed by atoms with Crippen LogP contribution in [-0.4, -0.2) is 88.6 Å². The van der Waals surface area contributed by atoms with Crippen LogP contribution in [0.5, 0.6) is 0 Å². The average molecular weight is 727 g/mol. The molecule has 1 spiro atoms. The molecule has 12 heteroatoms. The molecule has 5 bridgehead atoms. The maximum Gasteiger partial charge on any atom is 0.313 e. The van der Waals surface area contributed by atoms with E-state index in [1.165, 1.54) is 9.80 Å². The van der Waals surface area contributed by atoms with Crippen LogP contribution in [-0.2, 0) is 28.7 Å². The highest BCUT2D eigenvalue weighted by molar-refractivity contribution is 9.11. The number of likely N-dealkylation sites (tertiary alicyclic amines) is 1. The molecule has 6 rings (SSSR count). The van der Waals surface area contributed by atoms with E-state index in [9.17, 15) is 24.3 Å². The molecular weight excluding hydrogens is 690 g/mol. The first kappa shape index (κ1) is 33.4. The van der Waals surface area contributed by atoms with Crippen LogP contribution in [0.2, 0.25) is 5.02 Å². The van der Waals surface area contributed by atoms with Gasteiger partial charge in [0.25, 0.3) is 5.91 Å². The Balaban J connectivity index is 1.49. The van der Waals surface area contributed by atoms with Gasteiger partial charge in [-0.25, -0.2) is 0 Å². The molecule has 4 aliphatic rings. The number of anilines is 1. The molecule has 2 fully saturated rings. The van der Waals surface area contributed by atoms with Crippen molar-refractivity contribution in [2.45, 2.75) is 62.6 Å². The number of carbonyl (C=O) groups excluding carboxylic acids is 4. The fraction of sp³-hybridized carbons (Fsp3) is 0.429. The zero-order valence-corrected chi connectivity index (χ0v) is 28.6. The zero-order chi connectivity index (χ0) is 33.6. The van der Waals surface area contributed by atoms with Crippen LogP contribution in [0.3, 0.4) is 0 Å². The number of halogens is 2. The summed E-state index contributed by atoms with van der Waals surface area (Å²) in [4.78, 5) is 61.4. The Bertz CT molecular complexity index is 1620. The van der Waals surface area contributed by atoms with Gasteiger partial charge in [-0.1, -0.05) is 70.0 Å². The van der Waals surface area contributed by atoms with Gasteiger partial charge in [-0.05, 0) is 56.2 Å². The molecule has 0 saturated carbocycles. The highest BCUT2D eigenvalue weighted by atomic mass is 79.9.